The van der Waals surface area contributed by atoms with Crippen molar-refractivity contribution in [1.82, 2.24) is 9.13 Å². The van der Waals surface area contributed by atoms with Crippen molar-refractivity contribution in [2.75, 3.05) is 0 Å². The summed E-state index contributed by atoms with van der Waals surface area (Å²) in [5.41, 5.74) is 9.91. The van der Waals surface area contributed by atoms with Gasteiger partial charge in [0, 0.05) is 32.9 Å². The molecule has 0 saturated heterocycles. The van der Waals surface area contributed by atoms with Crippen LogP contribution in [0.5, 0.6) is 0 Å². The van der Waals surface area contributed by atoms with Gasteiger partial charge in [0.05, 0.1) is 22.1 Å². The molecule has 0 amide bonds. The summed E-state index contributed by atoms with van der Waals surface area (Å²) in [4.78, 5) is 0. The molecule has 0 N–H and O–H groups in total. The van der Waals surface area contributed by atoms with Crippen LogP contribution in [-0.2, 0) is 0 Å². The normalized spacial score (nSPS) is 15.5. The molecule has 0 saturated carbocycles. The number of nitrogens with zero attached hydrogens (tertiary/aromatic N) is 2. The van der Waals surface area contributed by atoms with E-state index in [9.17, 15) is 0 Å². The van der Waals surface area contributed by atoms with Gasteiger partial charge in [0.25, 0.3) is 0 Å². The maximum atomic E-state index is 2.42. The van der Waals surface area contributed by atoms with Gasteiger partial charge in [0.1, 0.15) is 0 Å². The molecule has 0 spiro atoms. The summed E-state index contributed by atoms with van der Waals surface area (Å²) < 4.78 is 4.80. The van der Waals surface area contributed by atoms with E-state index in [0.717, 1.165) is 6.42 Å². The first-order chi connectivity index (χ1) is 19.3. The number of allylic oxidation sites excluding steroid dienone is 4. The molecule has 2 aromatic heterocycles. The van der Waals surface area contributed by atoms with Crippen LogP contribution < -0.4 is 0 Å². The van der Waals surface area contributed by atoms with Gasteiger partial charge in [-0.05, 0) is 78.1 Å². The van der Waals surface area contributed by atoms with Crippen LogP contribution in [0, 0.1) is 5.92 Å². The Morgan fingerprint density at radius 2 is 1.08 bits per heavy atom. The number of aromatic nitrogens is 2. The third-order valence-electron chi connectivity index (χ3n) is 8.25. The minimum absolute atomic E-state index is 0.594. The van der Waals surface area contributed by atoms with Crippen molar-refractivity contribution in [3.05, 3.63) is 133 Å². The van der Waals surface area contributed by atoms with Crippen molar-refractivity contribution in [3.8, 4) is 16.8 Å². The largest absolute Gasteiger partial charge is 0.310 e. The molecule has 1 unspecified atom stereocenters. The van der Waals surface area contributed by atoms with Crippen molar-refractivity contribution in [1.29, 1.82) is 0 Å². The van der Waals surface area contributed by atoms with E-state index in [1.807, 2.05) is 0 Å². The molecule has 8 rings (SSSR count). The molecule has 0 aliphatic heterocycles. The minimum Gasteiger partial charge on any atom is -0.310 e. The van der Waals surface area contributed by atoms with Gasteiger partial charge < -0.3 is 9.13 Å². The molecular weight excluding hydrogens is 472 g/mol. The first-order valence-corrected chi connectivity index (χ1v) is 13.8. The van der Waals surface area contributed by atoms with E-state index >= 15 is 0 Å². The fraction of sp³-hybridized carbons (Fsp3) is 0.0811. The molecule has 7 aromatic rings. The molecule has 1 aliphatic rings. The van der Waals surface area contributed by atoms with Crippen LogP contribution in [0.2, 0.25) is 0 Å². The third kappa shape index (κ3) is 3.42. The SMILES string of the molecule is CC1C=CC(n2c3ccccc3c3cc(-c4ccc5c(c4)c4ccccc4n5-c4ccccc4)ccc32)=CC1. The van der Waals surface area contributed by atoms with Crippen molar-refractivity contribution >= 4 is 49.3 Å². The Balaban J connectivity index is 1.34. The van der Waals surface area contributed by atoms with E-state index in [1.165, 1.54) is 66.1 Å². The van der Waals surface area contributed by atoms with Gasteiger partial charge in [-0.25, -0.2) is 0 Å². The topological polar surface area (TPSA) is 9.86 Å². The van der Waals surface area contributed by atoms with Gasteiger partial charge in [-0.1, -0.05) is 85.8 Å². The third-order valence-corrected chi connectivity index (χ3v) is 8.25. The molecule has 2 heterocycles. The lowest BCUT2D eigenvalue weighted by molar-refractivity contribution is 0.735. The Labute approximate surface area is 227 Å². The van der Waals surface area contributed by atoms with Gasteiger partial charge >= 0.3 is 0 Å². The highest BCUT2D eigenvalue weighted by atomic mass is 15.0. The second kappa shape index (κ2) is 8.61. The molecule has 2 heteroatoms. The monoisotopic (exact) mass is 500 g/mol. The van der Waals surface area contributed by atoms with Crippen LogP contribution in [0.3, 0.4) is 0 Å². The van der Waals surface area contributed by atoms with Gasteiger partial charge in [-0.2, -0.15) is 0 Å². The van der Waals surface area contributed by atoms with E-state index in [-0.39, 0.29) is 0 Å². The Morgan fingerprint density at radius 1 is 0.538 bits per heavy atom. The molecule has 39 heavy (non-hydrogen) atoms. The molecule has 5 aromatic carbocycles. The molecule has 2 nitrogen and oxygen atoms in total. The Kier molecular flexibility index (Phi) is 4.90. The van der Waals surface area contributed by atoms with Gasteiger partial charge in [-0.15, -0.1) is 0 Å². The van der Waals surface area contributed by atoms with Crippen molar-refractivity contribution in [3.63, 3.8) is 0 Å². The minimum atomic E-state index is 0.594. The highest BCUT2D eigenvalue weighted by molar-refractivity contribution is 6.13. The van der Waals surface area contributed by atoms with Gasteiger partial charge in [-0.3, -0.25) is 0 Å². The zero-order valence-electron chi connectivity index (χ0n) is 21.9. The van der Waals surface area contributed by atoms with E-state index in [0.29, 0.717) is 5.92 Å². The molecular formula is C37H28N2. The first kappa shape index (κ1) is 22.2. The Hall–Kier alpha value is -4.82. The maximum Gasteiger partial charge on any atom is 0.0541 e. The second-order valence-electron chi connectivity index (χ2n) is 10.7. The van der Waals surface area contributed by atoms with Crippen molar-refractivity contribution in [2.24, 2.45) is 5.92 Å². The van der Waals surface area contributed by atoms with Crippen LogP contribution in [0.1, 0.15) is 13.3 Å². The predicted molar refractivity (Wildman–Crippen MR) is 166 cm³/mol. The zero-order valence-corrected chi connectivity index (χ0v) is 21.9. The van der Waals surface area contributed by atoms with E-state index in [1.54, 1.807) is 0 Å². The number of para-hydroxylation sites is 3. The van der Waals surface area contributed by atoms with Crippen molar-refractivity contribution in [2.45, 2.75) is 13.3 Å². The van der Waals surface area contributed by atoms with Crippen LogP contribution in [-0.4, -0.2) is 9.13 Å². The Morgan fingerprint density at radius 3 is 1.69 bits per heavy atom. The summed E-state index contributed by atoms with van der Waals surface area (Å²) in [7, 11) is 0. The fourth-order valence-corrected chi connectivity index (χ4v) is 6.32. The molecule has 1 atom stereocenters. The quantitative estimate of drug-likeness (QED) is 0.228. The molecule has 0 radical (unpaired) electrons. The fourth-order valence-electron chi connectivity index (χ4n) is 6.32. The summed E-state index contributed by atoms with van der Waals surface area (Å²) in [5.74, 6) is 0.594. The van der Waals surface area contributed by atoms with E-state index in [2.05, 4.69) is 150 Å². The van der Waals surface area contributed by atoms with E-state index < -0.39 is 0 Å². The highest BCUT2D eigenvalue weighted by Crippen LogP contribution is 2.38. The summed E-state index contributed by atoms with van der Waals surface area (Å²) in [6.07, 6.45) is 8.06. The number of hydrogen-bond acceptors (Lipinski definition) is 0. The van der Waals surface area contributed by atoms with E-state index in [4.69, 9.17) is 0 Å². The summed E-state index contributed by atoms with van der Waals surface area (Å²) in [6, 6.07) is 42.0. The van der Waals surface area contributed by atoms with Crippen molar-refractivity contribution < 1.29 is 0 Å². The molecule has 0 bridgehead atoms. The first-order valence-electron chi connectivity index (χ1n) is 13.8. The predicted octanol–water partition coefficient (Wildman–Crippen LogP) is 10.00. The summed E-state index contributed by atoms with van der Waals surface area (Å²) in [6.45, 7) is 2.27. The van der Waals surface area contributed by atoms with Crippen LogP contribution in [0.25, 0.3) is 66.1 Å². The molecule has 0 fully saturated rings. The highest BCUT2D eigenvalue weighted by Gasteiger charge is 2.17. The van der Waals surface area contributed by atoms with Crippen LogP contribution >= 0.6 is 0 Å². The lowest BCUT2D eigenvalue weighted by atomic mass is 10.0. The number of benzene rings is 5. The molecule has 1 aliphatic carbocycles. The number of fused-ring (bicyclic) bond motifs is 6. The summed E-state index contributed by atoms with van der Waals surface area (Å²) in [5, 5.41) is 5.15. The van der Waals surface area contributed by atoms with Crippen LogP contribution in [0.15, 0.2) is 133 Å². The van der Waals surface area contributed by atoms with Gasteiger partial charge in [0.2, 0.25) is 0 Å². The second-order valence-corrected chi connectivity index (χ2v) is 10.7. The van der Waals surface area contributed by atoms with Crippen LogP contribution in [0.4, 0.5) is 0 Å². The summed E-state index contributed by atoms with van der Waals surface area (Å²) >= 11 is 0. The zero-order chi connectivity index (χ0) is 25.9. The lowest BCUT2D eigenvalue weighted by Crippen LogP contribution is -2.00. The smallest absolute Gasteiger partial charge is 0.0541 e. The number of rotatable bonds is 3. The molecule has 186 valence electrons. The lowest BCUT2D eigenvalue weighted by Gasteiger charge is -2.15. The standard InChI is InChI=1S/C37H28N2/c1-25-15-19-29(20-16-25)39-35-14-8-6-12-31(35)33-24-27(18-22-37(33)39)26-17-21-36-32(23-26)30-11-5-7-13-34(30)38(36)28-9-3-2-4-10-28/h2-15,17-25H,16H2,1H3. The maximum absolute atomic E-state index is 2.42. The van der Waals surface area contributed by atoms with Gasteiger partial charge in [0.15, 0.2) is 0 Å². The average Bonchev–Trinajstić information content (AvgIpc) is 3.50. The average molecular weight is 501 g/mol. The number of hydrogen-bond donors (Lipinski definition) is 0. The Bertz CT molecular complexity index is 2100.